The highest BCUT2D eigenvalue weighted by Crippen LogP contribution is 2.16. The number of piperazine rings is 1. The summed E-state index contributed by atoms with van der Waals surface area (Å²) in [6, 6.07) is 10.1. The molecule has 6 nitrogen and oxygen atoms in total. The van der Waals surface area contributed by atoms with Gasteiger partial charge in [-0.15, -0.1) is 0 Å². The first-order valence-electron chi connectivity index (χ1n) is 11.6. The van der Waals surface area contributed by atoms with E-state index in [1.54, 1.807) is 0 Å². The largest absolute Gasteiger partial charge is 0.354 e. The number of nitrogens with zero attached hydrogens (tertiary/aromatic N) is 3. The number of likely N-dealkylation sites (tertiary alicyclic amines) is 1. The molecule has 1 aromatic carbocycles. The van der Waals surface area contributed by atoms with E-state index in [1.807, 2.05) is 36.9 Å². The highest BCUT2D eigenvalue weighted by Gasteiger charge is 2.31. The summed E-state index contributed by atoms with van der Waals surface area (Å²) in [5.74, 6) is 0.647. The molecule has 2 aliphatic heterocycles. The third-order valence-electron chi connectivity index (χ3n) is 6.80. The fourth-order valence-corrected chi connectivity index (χ4v) is 4.51. The van der Waals surface area contributed by atoms with E-state index >= 15 is 0 Å². The molecule has 3 rings (SSSR count). The summed E-state index contributed by atoms with van der Waals surface area (Å²) >= 11 is 0. The fourth-order valence-electron chi connectivity index (χ4n) is 4.51. The standard InChI is InChI=1S/C24H38N4O2/c1-19(22-10-6-4-7-11-22)18-25-23(29)20(2)26-14-16-27(17-15-26)21(3)24(30)28-12-8-5-9-13-28/h4,6-7,10-11,19-21H,5,8-9,12-18H2,1-3H3,(H,25,29)/t19-,20+,21-/m1/s1. The van der Waals surface area contributed by atoms with Gasteiger partial charge in [-0.1, -0.05) is 37.3 Å². The van der Waals surface area contributed by atoms with E-state index in [9.17, 15) is 9.59 Å². The van der Waals surface area contributed by atoms with E-state index in [0.29, 0.717) is 12.5 Å². The first kappa shape index (κ1) is 22.8. The van der Waals surface area contributed by atoms with Crippen LogP contribution in [0.15, 0.2) is 30.3 Å². The van der Waals surface area contributed by atoms with E-state index in [0.717, 1.165) is 52.1 Å². The van der Waals surface area contributed by atoms with Gasteiger partial charge in [-0.25, -0.2) is 0 Å². The van der Waals surface area contributed by atoms with Crippen LogP contribution in [0.2, 0.25) is 0 Å². The van der Waals surface area contributed by atoms with Crippen LogP contribution in [0.3, 0.4) is 0 Å². The van der Waals surface area contributed by atoms with E-state index in [1.165, 1.54) is 12.0 Å². The van der Waals surface area contributed by atoms with Gasteiger partial charge in [0.1, 0.15) is 0 Å². The predicted molar refractivity (Wildman–Crippen MR) is 120 cm³/mol. The lowest BCUT2D eigenvalue weighted by atomic mass is 10.0. The smallest absolute Gasteiger partial charge is 0.239 e. The summed E-state index contributed by atoms with van der Waals surface area (Å²) in [5.41, 5.74) is 1.24. The zero-order valence-electron chi connectivity index (χ0n) is 18.8. The molecule has 2 fully saturated rings. The van der Waals surface area contributed by atoms with E-state index in [2.05, 4.69) is 34.2 Å². The molecule has 0 aromatic heterocycles. The molecule has 6 heteroatoms. The average Bonchev–Trinajstić information content (AvgIpc) is 2.82. The molecule has 166 valence electrons. The summed E-state index contributed by atoms with van der Waals surface area (Å²) < 4.78 is 0. The first-order chi connectivity index (χ1) is 14.5. The summed E-state index contributed by atoms with van der Waals surface area (Å²) in [6.07, 6.45) is 3.49. The Kier molecular flexibility index (Phi) is 8.28. The second-order valence-corrected chi connectivity index (χ2v) is 8.87. The topological polar surface area (TPSA) is 55.9 Å². The average molecular weight is 415 g/mol. The minimum absolute atomic E-state index is 0.0684. The second kappa shape index (κ2) is 10.9. The van der Waals surface area contributed by atoms with E-state index in [-0.39, 0.29) is 23.9 Å². The number of piperidine rings is 1. The third-order valence-corrected chi connectivity index (χ3v) is 6.80. The van der Waals surface area contributed by atoms with Crippen molar-refractivity contribution in [3.05, 3.63) is 35.9 Å². The fraction of sp³-hybridized carbons (Fsp3) is 0.667. The number of hydrogen-bond donors (Lipinski definition) is 1. The van der Waals surface area contributed by atoms with Gasteiger partial charge in [0.2, 0.25) is 11.8 Å². The van der Waals surface area contributed by atoms with Crippen LogP contribution < -0.4 is 5.32 Å². The summed E-state index contributed by atoms with van der Waals surface area (Å²) in [5, 5.41) is 3.12. The molecule has 0 radical (unpaired) electrons. The van der Waals surface area contributed by atoms with Gasteiger partial charge in [0.25, 0.3) is 0 Å². The Bertz CT molecular complexity index is 682. The van der Waals surface area contributed by atoms with Crippen molar-refractivity contribution in [2.75, 3.05) is 45.8 Å². The van der Waals surface area contributed by atoms with Gasteiger partial charge in [0.15, 0.2) is 0 Å². The maximum atomic E-state index is 12.8. The number of benzene rings is 1. The minimum Gasteiger partial charge on any atom is -0.354 e. The van der Waals surface area contributed by atoms with Crippen LogP contribution in [-0.2, 0) is 9.59 Å². The van der Waals surface area contributed by atoms with Crippen molar-refractivity contribution in [2.24, 2.45) is 0 Å². The van der Waals surface area contributed by atoms with Crippen LogP contribution in [0.1, 0.15) is 51.5 Å². The molecular formula is C24H38N4O2. The van der Waals surface area contributed by atoms with Gasteiger partial charge >= 0.3 is 0 Å². The van der Waals surface area contributed by atoms with Crippen molar-refractivity contribution in [3.63, 3.8) is 0 Å². The molecule has 2 heterocycles. The lowest BCUT2D eigenvalue weighted by Gasteiger charge is -2.41. The first-order valence-corrected chi connectivity index (χ1v) is 11.6. The maximum absolute atomic E-state index is 12.8. The van der Waals surface area contributed by atoms with Gasteiger partial charge in [-0.2, -0.15) is 0 Å². The zero-order valence-corrected chi connectivity index (χ0v) is 18.8. The van der Waals surface area contributed by atoms with Gasteiger partial charge in [0.05, 0.1) is 12.1 Å². The van der Waals surface area contributed by atoms with Crippen LogP contribution >= 0.6 is 0 Å². The molecule has 0 spiro atoms. The van der Waals surface area contributed by atoms with Crippen LogP contribution in [0.25, 0.3) is 0 Å². The Labute approximate surface area is 181 Å². The number of nitrogens with one attached hydrogen (secondary N) is 1. The van der Waals surface area contributed by atoms with Gasteiger partial charge in [-0.05, 0) is 44.6 Å². The molecule has 0 aliphatic carbocycles. The number of hydrogen-bond acceptors (Lipinski definition) is 4. The molecule has 2 saturated heterocycles. The Hall–Kier alpha value is -1.92. The Morgan fingerprint density at radius 3 is 2.00 bits per heavy atom. The van der Waals surface area contributed by atoms with Gasteiger partial charge in [0, 0.05) is 45.8 Å². The van der Waals surface area contributed by atoms with E-state index in [4.69, 9.17) is 0 Å². The van der Waals surface area contributed by atoms with Crippen LogP contribution in [0.4, 0.5) is 0 Å². The molecule has 3 atom stereocenters. The van der Waals surface area contributed by atoms with Crippen LogP contribution in [0, 0.1) is 0 Å². The van der Waals surface area contributed by atoms with Crippen LogP contribution in [0.5, 0.6) is 0 Å². The zero-order chi connectivity index (χ0) is 21.5. The Morgan fingerprint density at radius 2 is 1.40 bits per heavy atom. The Morgan fingerprint density at radius 1 is 0.833 bits per heavy atom. The number of rotatable bonds is 7. The van der Waals surface area contributed by atoms with Crippen molar-refractivity contribution in [2.45, 2.75) is 58.0 Å². The molecule has 1 N–H and O–H groups in total. The number of carbonyl (C=O) groups excluding carboxylic acids is 2. The second-order valence-electron chi connectivity index (χ2n) is 8.87. The van der Waals surface area contributed by atoms with Crippen LogP contribution in [-0.4, -0.2) is 84.4 Å². The molecule has 0 saturated carbocycles. The summed E-state index contributed by atoms with van der Waals surface area (Å²) in [7, 11) is 0. The molecule has 2 amide bonds. The highest BCUT2D eigenvalue weighted by molar-refractivity contribution is 5.82. The normalized spacial score (nSPS) is 21.6. The third kappa shape index (κ3) is 5.82. The molecule has 0 unspecified atom stereocenters. The van der Waals surface area contributed by atoms with Crippen molar-refractivity contribution >= 4 is 11.8 Å². The van der Waals surface area contributed by atoms with Gasteiger partial charge < -0.3 is 10.2 Å². The van der Waals surface area contributed by atoms with Gasteiger partial charge in [-0.3, -0.25) is 19.4 Å². The quantitative estimate of drug-likeness (QED) is 0.744. The predicted octanol–water partition coefficient (Wildman–Crippen LogP) is 2.31. The lowest BCUT2D eigenvalue weighted by Crippen LogP contribution is -2.58. The molecule has 0 bridgehead atoms. The van der Waals surface area contributed by atoms with Crippen molar-refractivity contribution in [3.8, 4) is 0 Å². The highest BCUT2D eigenvalue weighted by atomic mass is 16.2. The molecule has 2 aliphatic rings. The number of carbonyl (C=O) groups is 2. The van der Waals surface area contributed by atoms with Crippen molar-refractivity contribution < 1.29 is 9.59 Å². The monoisotopic (exact) mass is 414 g/mol. The van der Waals surface area contributed by atoms with Crippen molar-refractivity contribution in [1.82, 2.24) is 20.0 Å². The minimum atomic E-state index is -0.150. The van der Waals surface area contributed by atoms with Crippen molar-refractivity contribution in [1.29, 1.82) is 0 Å². The summed E-state index contributed by atoms with van der Waals surface area (Å²) in [4.78, 5) is 32.0. The molecular weight excluding hydrogens is 376 g/mol. The summed E-state index contributed by atoms with van der Waals surface area (Å²) in [6.45, 7) is 11.9. The maximum Gasteiger partial charge on any atom is 0.239 e. The molecule has 1 aromatic rings. The lowest BCUT2D eigenvalue weighted by molar-refractivity contribution is -0.138. The number of amides is 2. The molecule has 30 heavy (non-hydrogen) atoms. The SMILES string of the molecule is C[C@H](CNC(=O)[C@H](C)N1CCN([C@H](C)C(=O)N2CCCCC2)CC1)c1ccccc1. The Balaban J connectivity index is 1.42. The van der Waals surface area contributed by atoms with E-state index < -0.39 is 0 Å².